The van der Waals surface area contributed by atoms with E-state index >= 15 is 0 Å². The van der Waals surface area contributed by atoms with Crippen molar-refractivity contribution in [3.63, 3.8) is 0 Å². The second kappa shape index (κ2) is 15.0. The molecule has 0 fully saturated rings. The van der Waals surface area contributed by atoms with E-state index in [0.29, 0.717) is 0 Å². The lowest BCUT2D eigenvalue weighted by Crippen LogP contribution is -2.67. The molecule has 0 saturated carbocycles. The third kappa shape index (κ3) is 12.6. The lowest BCUT2D eigenvalue weighted by molar-refractivity contribution is -0.438. The van der Waals surface area contributed by atoms with E-state index in [-0.39, 0.29) is 12.6 Å². The van der Waals surface area contributed by atoms with Crippen LogP contribution in [-0.4, -0.2) is 29.0 Å². The average Bonchev–Trinajstić information content (AvgIpc) is 2.47. The molecule has 3 nitrogen and oxygen atoms in total. The first-order valence-electron chi connectivity index (χ1n) is 8.51. The Labute approximate surface area is 125 Å². The predicted molar refractivity (Wildman–Crippen MR) is 85.4 cm³/mol. The summed E-state index contributed by atoms with van der Waals surface area (Å²) in [6.45, 7) is 2.19. The molecule has 120 valence electrons. The van der Waals surface area contributed by atoms with Crippen LogP contribution in [0.3, 0.4) is 0 Å². The van der Waals surface area contributed by atoms with Crippen LogP contribution in [0.15, 0.2) is 12.2 Å². The zero-order valence-electron chi connectivity index (χ0n) is 13.4. The number of rotatable bonds is 14. The Bertz CT molecular complexity index is 219. The van der Waals surface area contributed by atoms with Gasteiger partial charge in [0.15, 0.2) is 0 Å². The van der Waals surface area contributed by atoms with Gasteiger partial charge < -0.3 is 15.9 Å². The molecule has 2 atom stereocenters. The van der Waals surface area contributed by atoms with E-state index in [1.54, 1.807) is 6.08 Å². The number of quaternary nitrogens is 1. The Kier molecular flexibility index (Phi) is 14.7. The minimum Gasteiger partial charge on any atom is -0.390 e. The van der Waals surface area contributed by atoms with Gasteiger partial charge in [0.2, 0.25) is 0 Å². The third-order valence-corrected chi connectivity index (χ3v) is 3.78. The Morgan fingerprint density at radius 2 is 1.40 bits per heavy atom. The number of unbranched alkanes of at least 4 members (excludes halogenated alkanes) is 10. The van der Waals surface area contributed by atoms with Gasteiger partial charge in [0.25, 0.3) is 0 Å². The fourth-order valence-electron chi connectivity index (χ4n) is 2.25. The van der Waals surface area contributed by atoms with E-state index in [0.717, 1.165) is 6.42 Å². The largest absolute Gasteiger partial charge is 0.390 e. The van der Waals surface area contributed by atoms with E-state index in [2.05, 4.69) is 12.7 Å². The van der Waals surface area contributed by atoms with Crippen LogP contribution in [0.2, 0.25) is 0 Å². The zero-order chi connectivity index (χ0) is 15.1. The van der Waals surface area contributed by atoms with Crippen molar-refractivity contribution < 1.29 is 15.9 Å². The Balaban J connectivity index is 3.22. The quantitative estimate of drug-likeness (QED) is 0.339. The molecule has 0 aromatic carbocycles. The highest BCUT2D eigenvalue weighted by Gasteiger charge is 2.12. The molecule has 0 spiro atoms. The van der Waals surface area contributed by atoms with Gasteiger partial charge in [-0.2, -0.15) is 0 Å². The van der Waals surface area contributed by atoms with Crippen LogP contribution >= 0.6 is 0 Å². The molecule has 0 aromatic heterocycles. The summed E-state index contributed by atoms with van der Waals surface area (Å²) in [4.78, 5) is 0. The van der Waals surface area contributed by atoms with Crippen molar-refractivity contribution in [1.29, 1.82) is 0 Å². The lowest BCUT2D eigenvalue weighted by Gasteiger charge is -2.08. The van der Waals surface area contributed by atoms with Crippen molar-refractivity contribution in [2.45, 2.75) is 89.7 Å². The van der Waals surface area contributed by atoms with E-state index in [9.17, 15) is 5.11 Å². The molecule has 0 saturated heterocycles. The minimum atomic E-state index is -0.608. The maximum Gasteiger partial charge on any atom is 0.138 e. The number of hydrogen-bond acceptors (Lipinski definition) is 2. The first-order chi connectivity index (χ1) is 9.72. The zero-order valence-corrected chi connectivity index (χ0v) is 13.4. The first-order valence-corrected chi connectivity index (χ1v) is 8.51. The maximum absolute atomic E-state index is 9.57. The van der Waals surface area contributed by atoms with E-state index in [4.69, 9.17) is 5.11 Å². The summed E-state index contributed by atoms with van der Waals surface area (Å²) >= 11 is 0. The van der Waals surface area contributed by atoms with Gasteiger partial charge in [-0.1, -0.05) is 76.9 Å². The highest BCUT2D eigenvalue weighted by molar-refractivity contribution is 4.91. The minimum absolute atomic E-state index is 0.0657. The van der Waals surface area contributed by atoms with Gasteiger partial charge in [0, 0.05) is 0 Å². The van der Waals surface area contributed by atoms with Gasteiger partial charge in [-0.25, -0.2) is 0 Å². The molecule has 0 aromatic rings. The molecule has 0 radical (unpaired) electrons. The number of allylic oxidation sites excluding steroid dienone is 1. The molecule has 20 heavy (non-hydrogen) atoms. The van der Waals surface area contributed by atoms with Crippen LogP contribution in [0.5, 0.6) is 0 Å². The maximum atomic E-state index is 9.57. The van der Waals surface area contributed by atoms with Crippen LogP contribution in [0.25, 0.3) is 0 Å². The Morgan fingerprint density at radius 1 is 0.900 bits per heavy atom. The van der Waals surface area contributed by atoms with E-state index in [1.165, 1.54) is 64.2 Å². The molecular formula is C17H36NO2+. The van der Waals surface area contributed by atoms with Crippen LogP contribution in [0, 0.1) is 0 Å². The summed E-state index contributed by atoms with van der Waals surface area (Å²) in [6, 6.07) is -0.307. The van der Waals surface area contributed by atoms with Crippen molar-refractivity contribution in [2.75, 3.05) is 6.61 Å². The van der Waals surface area contributed by atoms with Gasteiger partial charge >= 0.3 is 0 Å². The lowest BCUT2D eigenvalue weighted by atomic mass is 10.1. The van der Waals surface area contributed by atoms with Gasteiger partial charge in [0.1, 0.15) is 12.1 Å². The average molecular weight is 286 g/mol. The molecule has 0 rings (SSSR count). The van der Waals surface area contributed by atoms with Crippen LogP contribution in [0.4, 0.5) is 0 Å². The number of aliphatic hydroxyl groups is 2. The van der Waals surface area contributed by atoms with Gasteiger partial charge in [0.05, 0.1) is 6.61 Å². The van der Waals surface area contributed by atoms with E-state index < -0.39 is 6.10 Å². The van der Waals surface area contributed by atoms with Crippen molar-refractivity contribution in [3.8, 4) is 0 Å². The summed E-state index contributed by atoms with van der Waals surface area (Å²) in [7, 11) is 0. The molecular weight excluding hydrogens is 250 g/mol. The topological polar surface area (TPSA) is 68.1 Å². The molecule has 0 aliphatic heterocycles. The SMILES string of the molecule is CCCCCCCCCCCC/C=C/[C@@H](O)[C@@H]([NH3+])CO. The Hall–Kier alpha value is -0.380. The summed E-state index contributed by atoms with van der Waals surface area (Å²) in [6.07, 6.45) is 17.7. The van der Waals surface area contributed by atoms with Gasteiger partial charge in [-0.3, -0.25) is 0 Å². The van der Waals surface area contributed by atoms with Gasteiger partial charge in [-0.05, 0) is 12.8 Å². The first kappa shape index (κ1) is 19.6. The monoisotopic (exact) mass is 286 g/mol. The van der Waals surface area contributed by atoms with Gasteiger partial charge in [-0.15, -0.1) is 0 Å². The van der Waals surface area contributed by atoms with Crippen molar-refractivity contribution in [3.05, 3.63) is 12.2 Å². The van der Waals surface area contributed by atoms with E-state index in [1.807, 2.05) is 6.08 Å². The van der Waals surface area contributed by atoms with Crippen molar-refractivity contribution in [2.24, 2.45) is 0 Å². The molecule has 0 bridgehead atoms. The standard InChI is InChI=1S/C17H35NO2/c1-2-3-4-5-6-7-8-9-10-11-12-13-14-17(20)16(18)15-19/h13-14,16-17,19-20H,2-12,15,18H2,1H3/p+1/b14-13+/t16-,17+/m0/s1. The highest BCUT2D eigenvalue weighted by Crippen LogP contribution is 2.11. The Morgan fingerprint density at radius 3 is 1.90 bits per heavy atom. The number of hydrogen-bond donors (Lipinski definition) is 3. The predicted octanol–water partition coefficient (Wildman–Crippen LogP) is 2.82. The fraction of sp³-hybridized carbons (Fsp3) is 0.882. The second-order valence-corrected chi connectivity index (χ2v) is 5.83. The second-order valence-electron chi connectivity index (χ2n) is 5.83. The fourth-order valence-corrected chi connectivity index (χ4v) is 2.25. The normalized spacial score (nSPS) is 14.8. The number of aliphatic hydroxyl groups excluding tert-OH is 2. The molecule has 3 heteroatoms. The van der Waals surface area contributed by atoms with Crippen LogP contribution < -0.4 is 5.73 Å². The molecule has 0 heterocycles. The summed E-state index contributed by atoms with van der Waals surface area (Å²) in [5, 5.41) is 18.4. The van der Waals surface area contributed by atoms with Crippen molar-refractivity contribution in [1.82, 2.24) is 0 Å². The summed E-state index contributed by atoms with van der Waals surface area (Å²) in [5.74, 6) is 0. The van der Waals surface area contributed by atoms with Crippen LogP contribution in [-0.2, 0) is 0 Å². The third-order valence-electron chi connectivity index (χ3n) is 3.78. The molecule has 0 aliphatic carbocycles. The summed E-state index contributed by atoms with van der Waals surface area (Å²) < 4.78 is 0. The molecule has 5 N–H and O–H groups in total. The highest BCUT2D eigenvalue weighted by atomic mass is 16.3. The van der Waals surface area contributed by atoms with Crippen molar-refractivity contribution >= 4 is 0 Å². The molecule has 0 amide bonds. The van der Waals surface area contributed by atoms with Crippen LogP contribution in [0.1, 0.15) is 77.6 Å². The smallest absolute Gasteiger partial charge is 0.138 e. The molecule has 0 aliphatic rings. The molecule has 0 unspecified atom stereocenters. The summed E-state index contributed by atoms with van der Waals surface area (Å²) in [5.41, 5.74) is 3.68.